The highest BCUT2D eigenvalue weighted by molar-refractivity contribution is 7.90. The standard InChI is InChI=1S/C11H9F2NO4S/c1-19(17,18)3-2-14-9-5-8(13)7(12)4-6(9)10(15)11(14)16/h4-5H,2-3H2,1H3. The summed E-state index contributed by atoms with van der Waals surface area (Å²) in [4.78, 5) is 24.1. The van der Waals surface area contributed by atoms with Crippen molar-refractivity contribution in [1.82, 2.24) is 0 Å². The summed E-state index contributed by atoms with van der Waals surface area (Å²) in [6, 6.07) is 1.36. The van der Waals surface area contributed by atoms with Gasteiger partial charge in [0.25, 0.3) is 11.7 Å². The minimum atomic E-state index is -3.35. The molecule has 0 aliphatic carbocycles. The van der Waals surface area contributed by atoms with Crippen molar-refractivity contribution in [2.45, 2.75) is 0 Å². The van der Waals surface area contributed by atoms with Gasteiger partial charge in [0.2, 0.25) is 0 Å². The van der Waals surface area contributed by atoms with E-state index in [2.05, 4.69) is 0 Å². The van der Waals surface area contributed by atoms with E-state index in [0.717, 1.165) is 17.2 Å². The first-order chi connectivity index (χ1) is 8.70. The maximum atomic E-state index is 13.1. The molecular formula is C11H9F2NO4S. The predicted octanol–water partition coefficient (Wildman–Crippen LogP) is 0.539. The van der Waals surface area contributed by atoms with Crippen LogP contribution >= 0.6 is 0 Å². The highest BCUT2D eigenvalue weighted by Crippen LogP contribution is 2.30. The fourth-order valence-electron chi connectivity index (χ4n) is 1.77. The number of carbonyl (C=O) groups excluding carboxylic acids is 2. The maximum absolute atomic E-state index is 13.1. The largest absolute Gasteiger partial charge is 0.304 e. The van der Waals surface area contributed by atoms with Crippen LogP contribution in [0.1, 0.15) is 10.4 Å². The lowest BCUT2D eigenvalue weighted by molar-refractivity contribution is -0.114. The number of sulfone groups is 1. The maximum Gasteiger partial charge on any atom is 0.299 e. The number of rotatable bonds is 3. The van der Waals surface area contributed by atoms with E-state index >= 15 is 0 Å². The number of Topliss-reactive ketones (excluding diaryl/α,β-unsaturated/α-hetero) is 1. The van der Waals surface area contributed by atoms with Crippen molar-refractivity contribution in [3.05, 3.63) is 29.3 Å². The highest BCUT2D eigenvalue weighted by atomic mass is 32.2. The average molecular weight is 289 g/mol. The Bertz CT molecular complexity index is 684. The number of ketones is 1. The van der Waals surface area contributed by atoms with Crippen LogP contribution in [-0.4, -0.2) is 38.7 Å². The van der Waals surface area contributed by atoms with Gasteiger partial charge in [-0.05, 0) is 6.07 Å². The zero-order valence-corrected chi connectivity index (χ0v) is 10.6. The Morgan fingerprint density at radius 3 is 2.32 bits per heavy atom. The minimum Gasteiger partial charge on any atom is -0.304 e. The molecular weight excluding hydrogens is 280 g/mol. The number of carbonyl (C=O) groups is 2. The summed E-state index contributed by atoms with van der Waals surface area (Å²) in [5.74, 6) is -4.76. The average Bonchev–Trinajstić information content (AvgIpc) is 2.51. The van der Waals surface area contributed by atoms with E-state index in [4.69, 9.17) is 0 Å². The Labute approximate surface area is 107 Å². The van der Waals surface area contributed by atoms with E-state index < -0.39 is 33.2 Å². The van der Waals surface area contributed by atoms with Gasteiger partial charge in [0.15, 0.2) is 11.6 Å². The quantitative estimate of drug-likeness (QED) is 0.761. The lowest BCUT2D eigenvalue weighted by Crippen LogP contribution is -2.33. The highest BCUT2D eigenvalue weighted by Gasteiger charge is 2.37. The number of benzene rings is 1. The number of anilines is 1. The first-order valence-electron chi connectivity index (χ1n) is 5.23. The Kier molecular flexibility index (Phi) is 3.13. The summed E-state index contributed by atoms with van der Waals surface area (Å²) in [6.45, 7) is -0.276. The van der Waals surface area contributed by atoms with Crippen LogP contribution in [0.25, 0.3) is 0 Å². The molecule has 0 radical (unpaired) electrons. The SMILES string of the molecule is CS(=O)(=O)CCN1C(=O)C(=O)c2cc(F)c(F)cc21. The molecule has 1 aliphatic rings. The minimum absolute atomic E-state index is 0.0995. The predicted molar refractivity (Wildman–Crippen MR) is 62.8 cm³/mol. The Hall–Kier alpha value is -1.83. The summed E-state index contributed by atoms with van der Waals surface area (Å²) in [7, 11) is -3.35. The molecule has 0 fully saturated rings. The van der Waals surface area contributed by atoms with E-state index in [9.17, 15) is 26.8 Å². The van der Waals surface area contributed by atoms with Gasteiger partial charge in [-0.15, -0.1) is 0 Å². The van der Waals surface area contributed by atoms with Gasteiger partial charge in [-0.1, -0.05) is 0 Å². The molecule has 0 aromatic heterocycles. The van der Waals surface area contributed by atoms with Crippen molar-refractivity contribution >= 4 is 27.2 Å². The van der Waals surface area contributed by atoms with Gasteiger partial charge >= 0.3 is 0 Å². The van der Waals surface area contributed by atoms with Crippen LogP contribution < -0.4 is 4.90 Å². The van der Waals surface area contributed by atoms with Gasteiger partial charge in [0, 0.05) is 18.9 Å². The molecule has 0 unspecified atom stereocenters. The summed E-state index contributed by atoms with van der Waals surface area (Å²) in [5, 5.41) is 0. The zero-order chi connectivity index (χ0) is 14.4. The summed E-state index contributed by atoms with van der Waals surface area (Å²) >= 11 is 0. The Morgan fingerprint density at radius 1 is 1.16 bits per heavy atom. The molecule has 0 N–H and O–H groups in total. The van der Waals surface area contributed by atoms with E-state index in [0.29, 0.717) is 6.07 Å². The fourth-order valence-corrected chi connectivity index (χ4v) is 2.28. The van der Waals surface area contributed by atoms with Crippen LogP contribution in [0.3, 0.4) is 0 Å². The van der Waals surface area contributed by atoms with Gasteiger partial charge in [0.05, 0.1) is 17.0 Å². The van der Waals surface area contributed by atoms with Crippen molar-refractivity contribution in [2.24, 2.45) is 0 Å². The molecule has 0 saturated heterocycles. The monoisotopic (exact) mass is 289 g/mol. The molecule has 5 nitrogen and oxygen atoms in total. The van der Waals surface area contributed by atoms with E-state index in [1.165, 1.54) is 0 Å². The van der Waals surface area contributed by atoms with E-state index in [1.54, 1.807) is 0 Å². The third-order valence-electron chi connectivity index (χ3n) is 2.70. The third kappa shape index (κ3) is 2.48. The number of hydrogen-bond acceptors (Lipinski definition) is 4. The van der Waals surface area contributed by atoms with Gasteiger partial charge in [-0.2, -0.15) is 0 Å². The number of hydrogen-bond donors (Lipinski definition) is 0. The Balaban J connectivity index is 2.41. The topological polar surface area (TPSA) is 71.5 Å². The second-order valence-corrected chi connectivity index (χ2v) is 6.46. The van der Waals surface area contributed by atoms with Crippen molar-refractivity contribution in [1.29, 1.82) is 0 Å². The molecule has 0 saturated carbocycles. The van der Waals surface area contributed by atoms with Gasteiger partial charge in [0.1, 0.15) is 9.84 Å². The van der Waals surface area contributed by atoms with Crippen LogP contribution in [-0.2, 0) is 14.6 Å². The van der Waals surface area contributed by atoms with Gasteiger partial charge in [-0.3, -0.25) is 9.59 Å². The lowest BCUT2D eigenvalue weighted by atomic mass is 10.1. The summed E-state index contributed by atoms with van der Waals surface area (Å²) in [6.07, 6.45) is 0.974. The molecule has 1 heterocycles. The number of nitrogens with zero attached hydrogens (tertiary/aromatic N) is 1. The van der Waals surface area contributed by atoms with Crippen LogP contribution in [0.15, 0.2) is 12.1 Å². The van der Waals surface area contributed by atoms with E-state index in [1.807, 2.05) is 0 Å². The summed E-state index contributed by atoms with van der Waals surface area (Å²) in [5.41, 5.74) is -0.352. The Morgan fingerprint density at radius 2 is 1.74 bits per heavy atom. The summed E-state index contributed by atoms with van der Waals surface area (Å²) < 4.78 is 48.3. The molecule has 1 amide bonds. The van der Waals surface area contributed by atoms with E-state index in [-0.39, 0.29) is 23.5 Å². The molecule has 1 aliphatic heterocycles. The fraction of sp³-hybridized carbons (Fsp3) is 0.273. The van der Waals surface area contributed by atoms with Crippen LogP contribution in [0.4, 0.5) is 14.5 Å². The second-order valence-electron chi connectivity index (χ2n) is 4.20. The van der Waals surface area contributed by atoms with Crippen molar-refractivity contribution < 1.29 is 26.8 Å². The lowest BCUT2D eigenvalue weighted by Gasteiger charge is -2.15. The van der Waals surface area contributed by atoms with Crippen molar-refractivity contribution in [2.75, 3.05) is 23.5 Å². The molecule has 0 spiro atoms. The molecule has 8 heteroatoms. The third-order valence-corrected chi connectivity index (χ3v) is 3.62. The number of halogens is 2. The molecule has 1 aromatic carbocycles. The van der Waals surface area contributed by atoms with Gasteiger partial charge in [-0.25, -0.2) is 17.2 Å². The van der Waals surface area contributed by atoms with Crippen LogP contribution in [0.5, 0.6) is 0 Å². The van der Waals surface area contributed by atoms with Gasteiger partial charge < -0.3 is 4.90 Å². The molecule has 102 valence electrons. The molecule has 2 rings (SSSR count). The molecule has 0 atom stereocenters. The molecule has 1 aromatic rings. The first-order valence-corrected chi connectivity index (χ1v) is 7.30. The van der Waals surface area contributed by atoms with Crippen LogP contribution in [0, 0.1) is 11.6 Å². The zero-order valence-electron chi connectivity index (χ0n) is 9.81. The smallest absolute Gasteiger partial charge is 0.299 e. The van der Waals surface area contributed by atoms with Crippen LogP contribution in [0.2, 0.25) is 0 Å². The second kappa shape index (κ2) is 4.37. The van der Waals surface area contributed by atoms with Crippen molar-refractivity contribution in [3.8, 4) is 0 Å². The number of fused-ring (bicyclic) bond motifs is 1. The van der Waals surface area contributed by atoms with Crippen molar-refractivity contribution in [3.63, 3.8) is 0 Å². The molecule has 0 bridgehead atoms. The normalized spacial score (nSPS) is 15.0. The first kappa shape index (κ1) is 13.6. The number of amides is 1. The molecule has 19 heavy (non-hydrogen) atoms.